The Morgan fingerprint density at radius 3 is 2.57 bits per heavy atom. The van der Waals surface area contributed by atoms with E-state index >= 15 is 0 Å². The molecular formula is C28H30N6O3. The summed E-state index contributed by atoms with van der Waals surface area (Å²) in [7, 11) is 0. The number of amides is 3. The molecule has 0 radical (unpaired) electrons. The highest BCUT2D eigenvalue weighted by Gasteiger charge is 2.14. The van der Waals surface area contributed by atoms with Gasteiger partial charge in [0.2, 0.25) is 0 Å². The molecular weight excluding hydrogens is 468 g/mol. The molecule has 0 spiro atoms. The first-order valence-corrected chi connectivity index (χ1v) is 12.3. The van der Waals surface area contributed by atoms with Crippen molar-refractivity contribution in [3.63, 3.8) is 0 Å². The van der Waals surface area contributed by atoms with Crippen molar-refractivity contribution in [2.24, 2.45) is 0 Å². The molecule has 4 aromatic rings. The SMILES string of the molecule is Cc1ccc(CNC(=O)Nc2ccc(CN3CCOCC3)cc2)cc1NC(=O)c1cnc2ccccn12. The summed E-state index contributed by atoms with van der Waals surface area (Å²) in [5.41, 5.74) is 5.57. The Morgan fingerprint density at radius 1 is 0.973 bits per heavy atom. The third-order valence-corrected chi connectivity index (χ3v) is 6.37. The average molecular weight is 499 g/mol. The number of imidazole rings is 1. The number of carbonyl (C=O) groups excluding carboxylic acids is 2. The number of rotatable bonds is 7. The Labute approximate surface area is 215 Å². The molecule has 3 amide bonds. The largest absolute Gasteiger partial charge is 0.379 e. The fraction of sp³-hybridized carbons (Fsp3) is 0.250. The van der Waals surface area contributed by atoms with Crippen LogP contribution in [0.2, 0.25) is 0 Å². The van der Waals surface area contributed by atoms with E-state index in [4.69, 9.17) is 4.74 Å². The van der Waals surface area contributed by atoms with Gasteiger partial charge in [-0.15, -0.1) is 0 Å². The van der Waals surface area contributed by atoms with E-state index in [1.807, 2.05) is 67.6 Å². The monoisotopic (exact) mass is 498 g/mol. The summed E-state index contributed by atoms with van der Waals surface area (Å²) in [6, 6.07) is 18.9. The molecule has 2 aromatic carbocycles. The van der Waals surface area contributed by atoms with Crippen LogP contribution in [0.4, 0.5) is 16.2 Å². The number of fused-ring (bicyclic) bond motifs is 1. The molecule has 0 saturated carbocycles. The quantitative estimate of drug-likeness (QED) is 0.357. The van der Waals surface area contributed by atoms with Gasteiger partial charge in [-0.05, 0) is 53.9 Å². The van der Waals surface area contributed by atoms with Gasteiger partial charge in [0.1, 0.15) is 11.3 Å². The third kappa shape index (κ3) is 6.14. The van der Waals surface area contributed by atoms with E-state index in [0.717, 1.165) is 49.7 Å². The van der Waals surface area contributed by atoms with E-state index in [1.54, 1.807) is 16.8 Å². The van der Waals surface area contributed by atoms with E-state index in [2.05, 4.69) is 25.8 Å². The standard InChI is InChI=1S/C28H30N6O3/c1-20-5-6-22(16-24(20)32-27(35)25-18-29-26-4-2-3-11-34(25)26)17-30-28(36)31-23-9-7-21(8-10-23)19-33-12-14-37-15-13-33/h2-11,16,18H,12-15,17,19H2,1H3,(H,32,35)(H2,30,31,36). The molecule has 37 heavy (non-hydrogen) atoms. The van der Waals surface area contributed by atoms with E-state index in [1.165, 1.54) is 5.56 Å². The molecule has 0 atom stereocenters. The number of hydrogen-bond acceptors (Lipinski definition) is 5. The number of anilines is 2. The molecule has 0 unspecified atom stereocenters. The molecule has 1 aliphatic heterocycles. The summed E-state index contributed by atoms with van der Waals surface area (Å²) in [5.74, 6) is -0.248. The van der Waals surface area contributed by atoms with Crippen molar-refractivity contribution < 1.29 is 14.3 Å². The molecule has 9 nitrogen and oxygen atoms in total. The summed E-state index contributed by atoms with van der Waals surface area (Å²) in [5, 5.41) is 8.72. The number of ether oxygens (including phenoxy) is 1. The van der Waals surface area contributed by atoms with Gasteiger partial charge in [-0.25, -0.2) is 9.78 Å². The predicted molar refractivity (Wildman–Crippen MR) is 143 cm³/mol. The Balaban J connectivity index is 1.15. The second-order valence-corrected chi connectivity index (χ2v) is 9.07. The summed E-state index contributed by atoms with van der Waals surface area (Å²) in [4.78, 5) is 32.0. The number of nitrogens with one attached hydrogen (secondary N) is 3. The number of nitrogens with zero attached hydrogens (tertiary/aromatic N) is 3. The summed E-state index contributed by atoms with van der Waals surface area (Å²) >= 11 is 0. The zero-order valence-corrected chi connectivity index (χ0v) is 20.7. The van der Waals surface area contributed by atoms with Crippen molar-refractivity contribution in [1.29, 1.82) is 0 Å². The molecule has 0 bridgehead atoms. The summed E-state index contributed by atoms with van der Waals surface area (Å²) in [6.45, 7) is 6.55. The van der Waals surface area contributed by atoms with Crippen LogP contribution >= 0.6 is 0 Å². The van der Waals surface area contributed by atoms with Crippen molar-refractivity contribution in [2.45, 2.75) is 20.0 Å². The van der Waals surface area contributed by atoms with Gasteiger partial charge in [-0.3, -0.25) is 14.1 Å². The fourth-order valence-corrected chi connectivity index (χ4v) is 4.27. The van der Waals surface area contributed by atoms with Gasteiger partial charge >= 0.3 is 6.03 Å². The molecule has 5 rings (SSSR count). The fourth-order valence-electron chi connectivity index (χ4n) is 4.27. The van der Waals surface area contributed by atoms with Gasteiger partial charge in [-0.1, -0.05) is 30.3 Å². The van der Waals surface area contributed by atoms with Crippen molar-refractivity contribution in [1.82, 2.24) is 19.6 Å². The Kier molecular flexibility index (Phi) is 7.43. The van der Waals surface area contributed by atoms with Crippen LogP contribution < -0.4 is 16.0 Å². The topological polar surface area (TPSA) is 100 Å². The number of aromatic nitrogens is 2. The molecule has 9 heteroatoms. The van der Waals surface area contributed by atoms with Crippen LogP contribution in [0.3, 0.4) is 0 Å². The normalized spacial score (nSPS) is 13.9. The predicted octanol–water partition coefficient (Wildman–Crippen LogP) is 4.05. The lowest BCUT2D eigenvalue weighted by Gasteiger charge is -2.26. The molecule has 0 aliphatic carbocycles. The van der Waals surface area contributed by atoms with Crippen LogP contribution in [-0.4, -0.2) is 52.5 Å². The second-order valence-electron chi connectivity index (χ2n) is 9.07. The van der Waals surface area contributed by atoms with Crippen molar-refractivity contribution in [2.75, 3.05) is 36.9 Å². The van der Waals surface area contributed by atoms with Gasteiger partial charge in [0.05, 0.1) is 19.4 Å². The minimum Gasteiger partial charge on any atom is -0.379 e. The van der Waals surface area contributed by atoms with Crippen LogP contribution in [-0.2, 0) is 17.8 Å². The van der Waals surface area contributed by atoms with Gasteiger partial charge < -0.3 is 20.7 Å². The first-order chi connectivity index (χ1) is 18.0. The highest BCUT2D eigenvalue weighted by molar-refractivity contribution is 6.04. The van der Waals surface area contributed by atoms with Crippen LogP contribution in [0, 0.1) is 6.92 Å². The van der Waals surface area contributed by atoms with Crippen LogP contribution in [0.15, 0.2) is 73.1 Å². The lowest BCUT2D eigenvalue weighted by Crippen LogP contribution is -2.35. The first-order valence-electron chi connectivity index (χ1n) is 12.3. The smallest absolute Gasteiger partial charge is 0.319 e. The van der Waals surface area contributed by atoms with E-state index in [9.17, 15) is 9.59 Å². The number of pyridine rings is 1. The highest BCUT2D eigenvalue weighted by Crippen LogP contribution is 2.19. The van der Waals surface area contributed by atoms with Crippen LogP contribution in [0.25, 0.3) is 5.65 Å². The highest BCUT2D eigenvalue weighted by atomic mass is 16.5. The van der Waals surface area contributed by atoms with Gasteiger partial charge in [0, 0.05) is 43.8 Å². The van der Waals surface area contributed by atoms with Gasteiger partial charge in [0.15, 0.2) is 0 Å². The first kappa shape index (κ1) is 24.5. The number of aryl methyl sites for hydroxylation is 1. The Bertz CT molecular complexity index is 1390. The number of urea groups is 1. The van der Waals surface area contributed by atoms with Crippen LogP contribution in [0.5, 0.6) is 0 Å². The zero-order valence-electron chi connectivity index (χ0n) is 20.7. The minimum absolute atomic E-state index is 0.248. The average Bonchev–Trinajstić information content (AvgIpc) is 3.35. The lowest BCUT2D eigenvalue weighted by molar-refractivity contribution is 0.0342. The lowest BCUT2D eigenvalue weighted by atomic mass is 10.1. The molecule has 3 heterocycles. The molecule has 3 N–H and O–H groups in total. The third-order valence-electron chi connectivity index (χ3n) is 6.37. The van der Waals surface area contributed by atoms with Crippen LogP contribution in [0.1, 0.15) is 27.2 Å². The number of carbonyl (C=O) groups is 2. The van der Waals surface area contributed by atoms with Crippen molar-refractivity contribution in [3.8, 4) is 0 Å². The number of benzene rings is 2. The molecule has 190 valence electrons. The molecule has 1 fully saturated rings. The Hall–Kier alpha value is -4.21. The summed E-state index contributed by atoms with van der Waals surface area (Å²) in [6.07, 6.45) is 3.37. The Morgan fingerprint density at radius 2 is 1.76 bits per heavy atom. The maximum Gasteiger partial charge on any atom is 0.319 e. The minimum atomic E-state index is -0.294. The van der Waals surface area contributed by atoms with Crippen molar-refractivity contribution in [3.05, 3.63) is 95.4 Å². The maximum absolute atomic E-state index is 12.9. The molecule has 2 aromatic heterocycles. The molecule has 1 aliphatic rings. The maximum atomic E-state index is 12.9. The van der Waals surface area contributed by atoms with Crippen molar-refractivity contribution >= 4 is 29.0 Å². The number of hydrogen-bond donors (Lipinski definition) is 3. The van der Waals surface area contributed by atoms with E-state index < -0.39 is 0 Å². The summed E-state index contributed by atoms with van der Waals surface area (Å²) < 4.78 is 7.14. The number of morpholine rings is 1. The molecule has 1 saturated heterocycles. The van der Waals surface area contributed by atoms with Gasteiger partial charge in [-0.2, -0.15) is 0 Å². The van der Waals surface area contributed by atoms with E-state index in [-0.39, 0.29) is 11.9 Å². The second kappa shape index (κ2) is 11.2. The van der Waals surface area contributed by atoms with E-state index in [0.29, 0.717) is 23.6 Å². The zero-order chi connectivity index (χ0) is 25.6. The van der Waals surface area contributed by atoms with Gasteiger partial charge in [0.25, 0.3) is 5.91 Å².